The van der Waals surface area contributed by atoms with E-state index < -0.39 is 0 Å². The van der Waals surface area contributed by atoms with Gasteiger partial charge in [-0.25, -0.2) is 0 Å². The molecular formula is C18H30N2. The van der Waals surface area contributed by atoms with Gasteiger partial charge in [-0.15, -0.1) is 0 Å². The van der Waals surface area contributed by atoms with E-state index in [1.54, 1.807) is 0 Å². The molecule has 2 rings (SSSR count). The van der Waals surface area contributed by atoms with E-state index in [0.717, 1.165) is 18.5 Å². The Hall–Kier alpha value is -0.860. The first-order valence-electron chi connectivity index (χ1n) is 8.04. The van der Waals surface area contributed by atoms with Gasteiger partial charge in [-0.3, -0.25) is 0 Å². The van der Waals surface area contributed by atoms with E-state index in [1.807, 2.05) is 0 Å². The minimum atomic E-state index is 0.429. The number of nitrogens with one attached hydrogen (secondary N) is 1. The van der Waals surface area contributed by atoms with Crippen LogP contribution in [0.15, 0.2) is 24.3 Å². The van der Waals surface area contributed by atoms with Crippen LogP contribution in [-0.2, 0) is 0 Å². The molecule has 0 heterocycles. The highest BCUT2D eigenvalue weighted by molar-refractivity contribution is 5.29. The Labute approximate surface area is 124 Å². The SMILES string of the molecule is CNC(CN(C)C1CCCC(C)C1)c1ccccc1C. The van der Waals surface area contributed by atoms with E-state index in [-0.39, 0.29) is 0 Å². The molecule has 0 amide bonds. The molecule has 2 nitrogen and oxygen atoms in total. The van der Waals surface area contributed by atoms with Crippen LogP contribution in [0.4, 0.5) is 0 Å². The summed E-state index contributed by atoms with van der Waals surface area (Å²) in [6, 6.07) is 9.93. The highest BCUT2D eigenvalue weighted by atomic mass is 15.2. The predicted octanol–water partition coefficient (Wildman–Crippen LogP) is 3.77. The molecule has 1 aromatic rings. The maximum atomic E-state index is 3.50. The molecule has 0 saturated heterocycles. The van der Waals surface area contributed by atoms with E-state index in [2.05, 4.69) is 62.4 Å². The van der Waals surface area contributed by atoms with Gasteiger partial charge in [0.1, 0.15) is 0 Å². The van der Waals surface area contributed by atoms with E-state index >= 15 is 0 Å². The molecule has 1 fully saturated rings. The van der Waals surface area contributed by atoms with Gasteiger partial charge in [0.15, 0.2) is 0 Å². The minimum absolute atomic E-state index is 0.429. The van der Waals surface area contributed by atoms with Gasteiger partial charge in [-0.2, -0.15) is 0 Å². The molecule has 0 radical (unpaired) electrons. The highest BCUT2D eigenvalue weighted by Crippen LogP contribution is 2.28. The summed E-state index contributed by atoms with van der Waals surface area (Å²) < 4.78 is 0. The van der Waals surface area contributed by atoms with Gasteiger partial charge in [0.2, 0.25) is 0 Å². The number of benzene rings is 1. The second-order valence-corrected chi connectivity index (χ2v) is 6.56. The molecule has 20 heavy (non-hydrogen) atoms. The third kappa shape index (κ3) is 3.83. The second kappa shape index (κ2) is 7.24. The Morgan fingerprint density at radius 1 is 1.30 bits per heavy atom. The number of nitrogens with zero attached hydrogens (tertiary/aromatic N) is 1. The normalized spacial score (nSPS) is 24.9. The largest absolute Gasteiger partial charge is 0.312 e. The molecule has 3 unspecified atom stereocenters. The van der Waals surface area contributed by atoms with Crippen LogP contribution in [0.5, 0.6) is 0 Å². The van der Waals surface area contributed by atoms with Crippen LogP contribution >= 0.6 is 0 Å². The summed E-state index contributed by atoms with van der Waals surface area (Å²) in [5.74, 6) is 0.891. The molecule has 2 heteroatoms. The van der Waals surface area contributed by atoms with Crippen molar-refractivity contribution in [1.29, 1.82) is 0 Å². The van der Waals surface area contributed by atoms with Gasteiger partial charge in [-0.1, -0.05) is 44.0 Å². The molecule has 0 aromatic heterocycles. The van der Waals surface area contributed by atoms with Gasteiger partial charge in [0.25, 0.3) is 0 Å². The van der Waals surface area contributed by atoms with Crippen LogP contribution < -0.4 is 5.32 Å². The van der Waals surface area contributed by atoms with Crippen molar-refractivity contribution in [2.75, 3.05) is 20.6 Å². The zero-order valence-electron chi connectivity index (χ0n) is 13.5. The van der Waals surface area contributed by atoms with Crippen molar-refractivity contribution in [3.05, 3.63) is 35.4 Å². The fourth-order valence-corrected chi connectivity index (χ4v) is 3.56. The molecule has 0 spiro atoms. The lowest BCUT2D eigenvalue weighted by Gasteiger charge is -2.36. The minimum Gasteiger partial charge on any atom is -0.312 e. The lowest BCUT2D eigenvalue weighted by atomic mass is 9.86. The summed E-state index contributed by atoms with van der Waals surface area (Å²) in [6.07, 6.45) is 5.54. The Morgan fingerprint density at radius 2 is 2.05 bits per heavy atom. The first-order valence-corrected chi connectivity index (χ1v) is 8.04. The van der Waals surface area contributed by atoms with Gasteiger partial charge in [0.05, 0.1) is 0 Å². The molecule has 1 N–H and O–H groups in total. The maximum Gasteiger partial charge on any atom is 0.0449 e. The standard InChI is InChI=1S/C18H30N2/c1-14-8-7-10-16(12-14)20(4)13-18(19-3)17-11-6-5-9-15(17)2/h5-6,9,11,14,16,18-19H,7-8,10,12-13H2,1-4H3. The topological polar surface area (TPSA) is 15.3 Å². The molecule has 1 aromatic carbocycles. The van der Waals surface area contributed by atoms with Gasteiger partial charge in [0, 0.05) is 18.6 Å². The zero-order valence-corrected chi connectivity index (χ0v) is 13.5. The van der Waals surface area contributed by atoms with Gasteiger partial charge >= 0.3 is 0 Å². The Morgan fingerprint density at radius 3 is 2.70 bits per heavy atom. The monoisotopic (exact) mass is 274 g/mol. The number of aryl methyl sites for hydroxylation is 1. The molecular weight excluding hydrogens is 244 g/mol. The molecule has 3 atom stereocenters. The summed E-state index contributed by atoms with van der Waals surface area (Å²) >= 11 is 0. The van der Waals surface area contributed by atoms with Crippen LogP contribution in [0.1, 0.15) is 49.8 Å². The van der Waals surface area contributed by atoms with Crippen molar-refractivity contribution in [2.24, 2.45) is 5.92 Å². The fraction of sp³-hybridized carbons (Fsp3) is 0.667. The Bertz CT molecular complexity index is 416. The highest BCUT2D eigenvalue weighted by Gasteiger charge is 2.24. The predicted molar refractivity (Wildman–Crippen MR) is 87.0 cm³/mol. The summed E-state index contributed by atoms with van der Waals surface area (Å²) in [6.45, 7) is 5.71. The molecule has 112 valence electrons. The third-order valence-corrected chi connectivity index (χ3v) is 4.91. The molecule has 1 saturated carbocycles. The van der Waals surface area contributed by atoms with Crippen LogP contribution in [0, 0.1) is 12.8 Å². The van der Waals surface area contributed by atoms with Crippen molar-refractivity contribution >= 4 is 0 Å². The number of rotatable bonds is 5. The van der Waals surface area contributed by atoms with Crippen LogP contribution in [0.3, 0.4) is 0 Å². The summed E-state index contributed by atoms with van der Waals surface area (Å²) in [4.78, 5) is 2.57. The first-order chi connectivity index (χ1) is 9.61. The maximum absolute atomic E-state index is 3.50. The van der Waals surface area contributed by atoms with Crippen LogP contribution in [0.25, 0.3) is 0 Å². The molecule has 1 aliphatic rings. The second-order valence-electron chi connectivity index (χ2n) is 6.56. The van der Waals surface area contributed by atoms with Crippen molar-refractivity contribution in [1.82, 2.24) is 10.2 Å². The third-order valence-electron chi connectivity index (χ3n) is 4.91. The Kier molecular flexibility index (Phi) is 5.62. The number of hydrogen-bond donors (Lipinski definition) is 1. The molecule has 0 bridgehead atoms. The number of likely N-dealkylation sites (N-methyl/N-ethyl adjacent to an activating group) is 2. The average Bonchev–Trinajstić information content (AvgIpc) is 2.45. The van der Waals surface area contributed by atoms with Crippen LogP contribution in [-0.4, -0.2) is 31.6 Å². The van der Waals surface area contributed by atoms with Crippen molar-refractivity contribution < 1.29 is 0 Å². The average molecular weight is 274 g/mol. The van der Waals surface area contributed by atoms with Crippen molar-refractivity contribution in [3.8, 4) is 0 Å². The first kappa shape index (κ1) is 15.5. The molecule has 1 aliphatic carbocycles. The van der Waals surface area contributed by atoms with Crippen molar-refractivity contribution in [3.63, 3.8) is 0 Å². The van der Waals surface area contributed by atoms with E-state index in [4.69, 9.17) is 0 Å². The summed E-state index contributed by atoms with van der Waals surface area (Å²) in [5.41, 5.74) is 2.82. The fourth-order valence-electron chi connectivity index (χ4n) is 3.56. The van der Waals surface area contributed by atoms with E-state index in [9.17, 15) is 0 Å². The van der Waals surface area contributed by atoms with Crippen LogP contribution in [0.2, 0.25) is 0 Å². The van der Waals surface area contributed by atoms with E-state index in [1.165, 1.54) is 36.8 Å². The summed E-state index contributed by atoms with van der Waals surface area (Å²) in [7, 11) is 4.37. The molecule has 0 aliphatic heterocycles. The number of hydrogen-bond acceptors (Lipinski definition) is 2. The van der Waals surface area contributed by atoms with Gasteiger partial charge in [-0.05, 0) is 50.9 Å². The quantitative estimate of drug-likeness (QED) is 0.879. The smallest absolute Gasteiger partial charge is 0.0449 e. The van der Waals surface area contributed by atoms with Gasteiger partial charge < -0.3 is 10.2 Å². The lowest BCUT2D eigenvalue weighted by Crippen LogP contribution is -2.40. The Balaban J connectivity index is 2.01. The zero-order chi connectivity index (χ0) is 14.5. The van der Waals surface area contributed by atoms with E-state index in [0.29, 0.717) is 6.04 Å². The lowest BCUT2D eigenvalue weighted by molar-refractivity contribution is 0.152. The van der Waals surface area contributed by atoms with Crippen molar-refractivity contribution in [2.45, 2.75) is 51.6 Å². The summed E-state index contributed by atoms with van der Waals surface area (Å²) in [5, 5.41) is 3.50.